The van der Waals surface area contributed by atoms with E-state index in [-0.39, 0.29) is 5.56 Å². The van der Waals surface area contributed by atoms with Crippen LogP contribution >= 0.6 is 0 Å². The van der Waals surface area contributed by atoms with Gasteiger partial charge in [0.25, 0.3) is 5.56 Å². The standard InChI is InChI=1S/C27H25N5O/c1-17-7-10-21(13-17)32-15-23(24-25(28)29-16-30-26(24)32)19-9-8-18-11-12-31(27(33)22(18)14-19)20-5-3-2-4-6-20/h2-6,8-9,11-12,14-17,21H,7,10,13H2,1H3,(H2,28,29,30)/t17-,21+/m1/s1. The number of anilines is 1. The van der Waals surface area contributed by atoms with Gasteiger partial charge in [-0.2, -0.15) is 0 Å². The average molecular weight is 436 g/mol. The van der Waals surface area contributed by atoms with Crippen molar-refractivity contribution in [3.63, 3.8) is 0 Å². The van der Waals surface area contributed by atoms with Crippen molar-refractivity contribution < 1.29 is 0 Å². The fourth-order valence-electron chi connectivity index (χ4n) is 5.23. The zero-order valence-electron chi connectivity index (χ0n) is 18.5. The number of nitrogen functional groups attached to an aromatic ring is 1. The van der Waals surface area contributed by atoms with Crippen LogP contribution in [0.3, 0.4) is 0 Å². The Hall–Kier alpha value is -3.93. The molecule has 0 saturated heterocycles. The van der Waals surface area contributed by atoms with Gasteiger partial charge in [0.2, 0.25) is 0 Å². The highest BCUT2D eigenvalue weighted by atomic mass is 16.1. The highest BCUT2D eigenvalue weighted by Crippen LogP contribution is 2.40. The molecule has 1 saturated carbocycles. The quantitative estimate of drug-likeness (QED) is 0.415. The molecule has 0 radical (unpaired) electrons. The fraction of sp³-hybridized carbons (Fsp3) is 0.222. The van der Waals surface area contributed by atoms with E-state index < -0.39 is 0 Å². The number of hydrogen-bond acceptors (Lipinski definition) is 4. The van der Waals surface area contributed by atoms with Crippen LogP contribution in [-0.2, 0) is 0 Å². The number of aromatic nitrogens is 4. The molecule has 2 aromatic carbocycles. The minimum absolute atomic E-state index is 0.0434. The maximum Gasteiger partial charge on any atom is 0.262 e. The van der Waals surface area contributed by atoms with Crippen molar-refractivity contribution >= 4 is 27.6 Å². The third kappa shape index (κ3) is 3.21. The van der Waals surface area contributed by atoms with Gasteiger partial charge < -0.3 is 10.3 Å². The summed E-state index contributed by atoms with van der Waals surface area (Å²) < 4.78 is 3.95. The molecule has 3 aromatic heterocycles. The number of para-hydroxylation sites is 1. The minimum Gasteiger partial charge on any atom is -0.383 e. The summed E-state index contributed by atoms with van der Waals surface area (Å²) in [6, 6.07) is 18.1. The number of benzene rings is 2. The number of pyridine rings is 1. The first-order valence-electron chi connectivity index (χ1n) is 11.4. The summed E-state index contributed by atoms with van der Waals surface area (Å²) >= 11 is 0. The lowest BCUT2D eigenvalue weighted by molar-refractivity contribution is 0.505. The summed E-state index contributed by atoms with van der Waals surface area (Å²) in [6.07, 6.45) is 9.00. The summed E-state index contributed by atoms with van der Waals surface area (Å²) in [4.78, 5) is 22.3. The van der Waals surface area contributed by atoms with Crippen molar-refractivity contribution in [3.8, 4) is 16.8 Å². The fourth-order valence-corrected chi connectivity index (χ4v) is 5.23. The van der Waals surface area contributed by atoms with Gasteiger partial charge in [0.15, 0.2) is 0 Å². The van der Waals surface area contributed by atoms with E-state index in [0.29, 0.717) is 23.2 Å². The highest BCUT2D eigenvalue weighted by Gasteiger charge is 2.26. The maximum absolute atomic E-state index is 13.4. The smallest absolute Gasteiger partial charge is 0.262 e. The van der Waals surface area contributed by atoms with E-state index >= 15 is 0 Å². The molecule has 5 aromatic rings. The molecule has 0 unspecified atom stereocenters. The Morgan fingerprint density at radius 1 is 1.03 bits per heavy atom. The molecular weight excluding hydrogens is 410 g/mol. The molecule has 2 N–H and O–H groups in total. The Balaban J connectivity index is 1.56. The van der Waals surface area contributed by atoms with Crippen LogP contribution in [0.5, 0.6) is 0 Å². The first-order chi connectivity index (χ1) is 16.1. The number of rotatable bonds is 3. The Kier molecular flexibility index (Phi) is 4.54. The molecule has 0 amide bonds. The molecule has 1 aliphatic carbocycles. The van der Waals surface area contributed by atoms with Gasteiger partial charge >= 0.3 is 0 Å². The first kappa shape index (κ1) is 19.7. The Labute approximate surface area is 191 Å². The van der Waals surface area contributed by atoms with Crippen LogP contribution < -0.4 is 11.3 Å². The van der Waals surface area contributed by atoms with Gasteiger partial charge in [-0.05, 0) is 60.4 Å². The van der Waals surface area contributed by atoms with Crippen molar-refractivity contribution in [3.05, 3.63) is 83.7 Å². The van der Waals surface area contributed by atoms with Gasteiger partial charge in [-0.1, -0.05) is 37.3 Å². The number of nitrogens with zero attached hydrogens (tertiary/aromatic N) is 4. The summed E-state index contributed by atoms with van der Waals surface area (Å²) in [5.74, 6) is 1.17. The minimum atomic E-state index is -0.0434. The lowest BCUT2D eigenvalue weighted by Crippen LogP contribution is -2.17. The summed E-state index contributed by atoms with van der Waals surface area (Å²) in [5, 5.41) is 2.44. The van der Waals surface area contributed by atoms with E-state index in [4.69, 9.17) is 5.73 Å². The van der Waals surface area contributed by atoms with Crippen LogP contribution in [-0.4, -0.2) is 19.1 Å². The summed E-state index contributed by atoms with van der Waals surface area (Å²) in [5.41, 5.74) is 9.93. The Bertz CT molecular complexity index is 1550. The van der Waals surface area contributed by atoms with E-state index in [1.165, 1.54) is 12.7 Å². The lowest BCUT2D eigenvalue weighted by Gasteiger charge is -2.13. The molecule has 1 fully saturated rings. The van der Waals surface area contributed by atoms with Gasteiger partial charge in [0, 0.05) is 35.1 Å². The molecular formula is C27H25N5O. The molecule has 164 valence electrons. The normalized spacial score (nSPS) is 18.3. The van der Waals surface area contributed by atoms with Crippen molar-refractivity contribution in [1.29, 1.82) is 0 Å². The number of hydrogen-bond donors (Lipinski definition) is 1. The van der Waals surface area contributed by atoms with E-state index in [0.717, 1.165) is 46.1 Å². The van der Waals surface area contributed by atoms with E-state index in [2.05, 4.69) is 33.7 Å². The summed E-state index contributed by atoms with van der Waals surface area (Å²) in [7, 11) is 0. The Morgan fingerprint density at radius 3 is 2.67 bits per heavy atom. The van der Waals surface area contributed by atoms with Crippen LogP contribution in [0.2, 0.25) is 0 Å². The van der Waals surface area contributed by atoms with Crippen LogP contribution in [0.25, 0.3) is 38.6 Å². The SMILES string of the molecule is C[C@@H]1CC[C@H](n2cc(-c3ccc4ccn(-c5ccccc5)c(=O)c4c3)c3c(N)ncnc32)C1. The molecule has 33 heavy (non-hydrogen) atoms. The Morgan fingerprint density at radius 2 is 1.88 bits per heavy atom. The van der Waals surface area contributed by atoms with Crippen molar-refractivity contribution in [2.24, 2.45) is 5.92 Å². The van der Waals surface area contributed by atoms with Crippen LogP contribution in [0.15, 0.2) is 78.1 Å². The van der Waals surface area contributed by atoms with Crippen molar-refractivity contribution in [2.45, 2.75) is 32.2 Å². The molecule has 2 atom stereocenters. The molecule has 6 nitrogen and oxygen atoms in total. The predicted molar refractivity (Wildman–Crippen MR) is 133 cm³/mol. The van der Waals surface area contributed by atoms with Crippen LogP contribution in [0.4, 0.5) is 5.82 Å². The second-order valence-electron chi connectivity index (χ2n) is 9.11. The van der Waals surface area contributed by atoms with E-state index in [9.17, 15) is 4.79 Å². The molecule has 1 aliphatic rings. The van der Waals surface area contributed by atoms with Crippen molar-refractivity contribution in [2.75, 3.05) is 5.73 Å². The maximum atomic E-state index is 13.4. The molecule has 0 bridgehead atoms. The highest BCUT2D eigenvalue weighted by molar-refractivity contribution is 6.02. The van der Waals surface area contributed by atoms with Crippen LogP contribution in [0.1, 0.15) is 32.2 Å². The van der Waals surface area contributed by atoms with Crippen molar-refractivity contribution in [1.82, 2.24) is 19.1 Å². The zero-order valence-corrected chi connectivity index (χ0v) is 18.5. The third-order valence-electron chi connectivity index (χ3n) is 6.95. The molecule has 3 heterocycles. The topological polar surface area (TPSA) is 78.7 Å². The van der Waals surface area contributed by atoms with Gasteiger partial charge in [-0.15, -0.1) is 0 Å². The van der Waals surface area contributed by atoms with Crippen LogP contribution in [0, 0.1) is 5.92 Å². The summed E-state index contributed by atoms with van der Waals surface area (Å²) in [6.45, 7) is 2.30. The predicted octanol–water partition coefficient (Wildman–Crippen LogP) is 5.35. The first-order valence-corrected chi connectivity index (χ1v) is 11.4. The van der Waals surface area contributed by atoms with E-state index in [1.807, 2.05) is 54.7 Å². The molecule has 0 spiro atoms. The second kappa shape index (κ2) is 7.59. The van der Waals surface area contributed by atoms with Gasteiger partial charge in [0.1, 0.15) is 17.8 Å². The number of fused-ring (bicyclic) bond motifs is 2. The number of nitrogens with two attached hydrogens (primary N) is 1. The monoisotopic (exact) mass is 435 g/mol. The zero-order chi connectivity index (χ0) is 22.5. The molecule has 0 aliphatic heterocycles. The van der Waals surface area contributed by atoms with Gasteiger partial charge in [-0.3, -0.25) is 9.36 Å². The second-order valence-corrected chi connectivity index (χ2v) is 9.11. The molecule has 6 heteroatoms. The third-order valence-corrected chi connectivity index (χ3v) is 6.95. The largest absolute Gasteiger partial charge is 0.383 e. The van der Waals surface area contributed by atoms with Gasteiger partial charge in [0.05, 0.1) is 5.39 Å². The lowest BCUT2D eigenvalue weighted by atomic mass is 10.0. The van der Waals surface area contributed by atoms with Gasteiger partial charge in [-0.25, -0.2) is 9.97 Å². The van der Waals surface area contributed by atoms with E-state index in [1.54, 1.807) is 4.57 Å². The average Bonchev–Trinajstić information content (AvgIpc) is 3.44. The molecule has 6 rings (SSSR count).